The average Bonchev–Trinajstić information content (AvgIpc) is 2.99. The number of fused-ring (bicyclic) bond motifs is 1. The molecule has 3 heterocycles. The van der Waals surface area contributed by atoms with Crippen molar-refractivity contribution in [2.24, 2.45) is 0 Å². The molecule has 1 atom stereocenters. The van der Waals surface area contributed by atoms with Crippen LogP contribution in [0, 0.1) is 5.82 Å². The third kappa shape index (κ3) is 5.42. The van der Waals surface area contributed by atoms with Gasteiger partial charge < -0.3 is 9.16 Å². The largest absolute Gasteiger partial charge is 0.443 e. The zero-order chi connectivity index (χ0) is 25.7. The summed E-state index contributed by atoms with van der Waals surface area (Å²) >= 11 is 5.91. The molecule has 2 aromatic rings. The van der Waals surface area contributed by atoms with Crippen molar-refractivity contribution in [2.75, 3.05) is 18.1 Å². The lowest BCUT2D eigenvalue weighted by Crippen LogP contribution is -2.46. The molecule has 1 amide bonds. The molecule has 0 spiro atoms. The third-order valence-electron chi connectivity index (χ3n) is 6.44. The van der Waals surface area contributed by atoms with E-state index in [-0.39, 0.29) is 16.0 Å². The molecule has 3 rings (SSSR count). The number of halogens is 2. The zero-order valence-corrected chi connectivity index (χ0v) is 23.2. The molecular weight excluding hydrogens is 475 g/mol. The van der Waals surface area contributed by atoms with Gasteiger partial charge in [-0.1, -0.05) is 27.7 Å². The molecule has 2 aromatic heterocycles. The fraction of sp³-hybridized carbons (Fsp3) is 0.583. The normalized spacial score (nSPS) is 18.7. The molecule has 0 fully saturated rings. The molecular formula is C24H34ClFN4O3Si. The summed E-state index contributed by atoms with van der Waals surface area (Å²) in [7, 11) is -2.08. The minimum absolute atomic E-state index is 0.0244. The van der Waals surface area contributed by atoms with Crippen LogP contribution in [-0.4, -0.2) is 48.1 Å². The van der Waals surface area contributed by atoms with Crippen molar-refractivity contribution in [3.8, 4) is 11.3 Å². The Morgan fingerprint density at radius 3 is 2.44 bits per heavy atom. The predicted molar refractivity (Wildman–Crippen MR) is 134 cm³/mol. The van der Waals surface area contributed by atoms with Gasteiger partial charge in [-0.2, -0.15) is 0 Å². The second kappa shape index (κ2) is 8.84. The minimum Gasteiger partial charge on any atom is -0.443 e. The Labute approximate surface area is 207 Å². The van der Waals surface area contributed by atoms with E-state index in [9.17, 15) is 9.18 Å². The van der Waals surface area contributed by atoms with Gasteiger partial charge in [0, 0.05) is 35.9 Å². The summed E-state index contributed by atoms with van der Waals surface area (Å²) in [4.78, 5) is 26.9. The van der Waals surface area contributed by atoms with Crippen molar-refractivity contribution in [1.82, 2.24) is 15.0 Å². The third-order valence-corrected chi connectivity index (χ3v) is 11.1. The van der Waals surface area contributed by atoms with E-state index < -0.39 is 31.2 Å². The lowest BCUT2D eigenvalue weighted by molar-refractivity contribution is 0.0574. The van der Waals surface area contributed by atoms with Crippen molar-refractivity contribution in [2.45, 2.75) is 77.6 Å². The first-order chi connectivity index (χ1) is 15.4. The number of nitrogens with zero attached hydrogens (tertiary/aromatic N) is 4. The number of anilines is 1. The number of carbonyl (C=O) groups is 1. The highest BCUT2D eigenvalue weighted by Gasteiger charge is 2.47. The number of hydrogen-bond acceptors (Lipinski definition) is 6. The van der Waals surface area contributed by atoms with Crippen LogP contribution in [0.2, 0.25) is 23.4 Å². The molecule has 1 unspecified atom stereocenters. The molecule has 0 saturated carbocycles. The number of rotatable bonds is 4. The van der Waals surface area contributed by atoms with E-state index in [1.165, 1.54) is 11.1 Å². The molecule has 0 saturated heterocycles. The van der Waals surface area contributed by atoms with Crippen LogP contribution in [0.5, 0.6) is 0 Å². The summed E-state index contributed by atoms with van der Waals surface area (Å²) in [5.74, 6) is -0.132. The van der Waals surface area contributed by atoms with Crippen LogP contribution in [0.1, 0.15) is 54.0 Å². The molecule has 1 aliphatic rings. The topological polar surface area (TPSA) is 77.4 Å². The molecule has 0 radical (unpaired) electrons. The highest BCUT2D eigenvalue weighted by molar-refractivity contribution is 6.74. The van der Waals surface area contributed by atoms with Gasteiger partial charge >= 0.3 is 6.09 Å². The molecule has 0 bridgehead atoms. The van der Waals surface area contributed by atoms with Crippen LogP contribution in [-0.2, 0) is 14.6 Å². The van der Waals surface area contributed by atoms with Gasteiger partial charge in [0.05, 0.1) is 6.20 Å². The van der Waals surface area contributed by atoms with Crippen LogP contribution in [0.4, 0.5) is 15.0 Å². The maximum absolute atomic E-state index is 14.5. The van der Waals surface area contributed by atoms with Crippen LogP contribution in [0.3, 0.4) is 0 Å². The first-order valence-electron chi connectivity index (χ1n) is 11.3. The van der Waals surface area contributed by atoms with Crippen LogP contribution < -0.4 is 4.90 Å². The number of hydrogen-bond donors (Lipinski definition) is 0. The lowest BCUT2D eigenvalue weighted by Gasteiger charge is -2.39. The van der Waals surface area contributed by atoms with Gasteiger partial charge in [-0.3, -0.25) is 4.90 Å². The van der Waals surface area contributed by atoms with Gasteiger partial charge in [0.15, 0.2) is 14.1 Å². The summed E-state index contributed by atoms with van der Waals surface area (Å²) in [5.41, 5.74) is 0.0275. The second-order valence-electron chi connectivity index (χ2n) is 11.6. The average molecular weight is 509 g/mol. The summed E-state index contributed by atoms with van der Waals surface area (Å²) in [6.45, 7) is 19.1. The zero-order valence-electron chi connectivity index (χ0n) is 21.4. The monoisotopic (exact) mass is 508 g/mol. The van der Waals surface area contributed by atoms with E-state index in [0.717, 1.165) is 11.8 Å². The molecule has 0 aromatic carbocycles. The van der Waals surface area contributed by atoms with Crippen molar-refractivity contribution in [1.29, 1.82) is 0 Å². The molecule has 7 nitrogen and oxygen atoms in total. The van der Waals surface area contributed by atoms with E-state index in [4.69, 9.17) is 20.8 Å². The van der Waals surface area contributed by atoms with Crippen molar-refractivity contribution in [3.63, 3.8) is 0 Å². The Morgan fingerprint density at radius 2 is 1.85 bits per heavy atom. The number of amides is 1. The fourth-order valence-electron chi connectivity index (χ4n) is 3.45. The lowest BCUT2D eigenvalue weighted by atomic mass is 9.85. The molecule has 186 valence electrons. The van der Waals surface area contributed by atoms with Gasteiger partial charge in [-0.15, -0.1) is 0 Å². The van der Waals surface area contributed by atoms with E-state index in [2.05, 4.69) is 48.8 Å². The Hall–Kier alpha value is -2.10. The summed E-state index contributed by atoms with van der Waals surface area (Å²) in [6.07, 6.45) is 2.03. The molecule has 0 N–H and O–H groups in total. The summed E-state index contributed by atoms with van der Waals surface area (Å²) in [6, 6.07) is 1.81. The SMILES string of the molecule is CC(C)(C)OC(=O)N1CC(C)(CO[Si](C)(C)C(C)(C)C)c2cc(-c3nc(Cl)ncc3F)cnc21. The molecule has 1 aliphatic heterocycles. The number of pyridine rings is 1. The first kappa shape index (κ1) is 26.5. The Balaban J connectivity index is 2.06. The van der Waals surface area contributed by atoms with Crippen LogP contribution in [0.15, 0.2) is 18.5 Å². The smallest absolute Gasteiger partial charge is 0.416 e. The standard InChI is InChI=1S/C24H34ClFN4O3Si/c1-22(2,3)33-21(31)30-13-24(7,14-32-34(8,9)23(4,5)6)16-10-15(11-27-19(16)30)18-17(26)12-28-20(25)29-18/h10-12H,13-14H2,1-9H3. The fourth-order valence-corrected chi connectivity index (χ4v) is 4.70. The Bertz CT molecular complexity index is 1100. The van der Waals surface area contributed by atoms with Crippen molar-refractivity contribution in [3.05, 3.63) is 35.1 Å². The Kier molecular flexibility index (Phi) is 6.89. The van der Waals surface area contributed by atoms with Gasteiger partial charge in [0.2, 0.25) is 5.28 Å². The quantitative estimate of drug-likeness (QED) is 0.353. The minimum atomic E-state index is -2.08. The van der Waals surface area contributed by atoms with E-state index in [1.54, 1.807) is 0 Å². The van der Waals surface area contributed by atoms with Crippen LogP contribution >= 0.6 is 11.6 Å². The number of aromatic nitrogens is 3. The van der Waals surface area contributed by atoms with Gasteiger partial charge in [0.1, 0.15) is 17.1 Å². The van der Waals surface area contributed by atoms with Crippen molar-refractivity contribution >= 4 is 31.8 Å². The first-order valence-corrected chi connectivity index (χ1v) is 14.6. The molecule has 34 heavy (non-hydrogen) atoms. The van der Waals surface area contributed by atoms with Gasteiger partial charge in [-0.25, -0.2) is 24.1 Å². The summed E-state index contributed by atoms with van der Waals surface area (Å²) < 4.78 is 26.7. The van der Waals surface area contributed by atoms with E-state index in [1.807, 2.05) is 33.8 Å². The second-order valence-corrected chi connectivity index (χ2v) is 16.8. The van der Waals surface area contributed by atoms with E-state index in [0.29, 0.717) is 24.5 Å². The molecule has 10 heteroatoms. The van der Waals surface area contributed by atoms with Crippen LogP contribution in [0.25, 0.3) is 11.3 Å². The maximum Gasteiger partial charge on any atom is 0.416 e. The highest BCUT2D eigenvalue weighted by Crippen LogP contribution is 2.44. The van der Waals surface area contributed by atoms with Gasteiger partial charge in [-0.05, 0) is 56.6 Å². The van der Waals surface area contributed by atoms with E-state index >= 15 is 0 Å². The molecule has 0 aliphatic carbocycles. The van der Waals surface area contributed by atoms with Gasteiger partial charge in [0.25, 0.3) is 0 Å². The Morgan fingerprint density at radius 1 is 1.21 bits per heavy atom. The highest BCUT2D eigenvalue weighted by atomic mass is 35.5. The number of carbonyl (C=O) groups excluding carboxylic acids is 1. The maximum atomic E-state index is 14.5. The number of ether oxygens (including phenoxy) is 1. The predicted octanol–water partition coefficient (Wildman–Crippen LogP) is 6.37. The van der Waals surface area contributed by atoms with Crippen molar-refractivity contribution < 1.29 is 18.3 Å². The summed E-state index contributed by atoms with van der Waals surface area (Å²) in [5, 5.41) is -0.0346.